The maximum atomic E-state index is 5.57. The number of methoxy groups -OCH3 is 1. The summed E-state index contributed by atoms with van der Waals surface area (Å²) in [5, 5.41) is 7.88. The first-order valence-corrected chi connectivity index (χ1v) is 9.63. The zero-order chi connectivity index (χ0) is 18.2. The summed E-state index contributed by atoms with van der Waals surface area (Å²) in [6.45, 7) is 15.2. The highest BCUT2D eigenvalue weighted by Crippen LogP contribution is 2.21. The lowest BCUT2D eigenvalue weighted by atomic mass is 9.89. The van der Waals surface area contributed by atoms with Gasteiger partial charge in [-0.2, -0.15) is 0 Å². The molecule has 25 heavy (non-hydrogen) atoms. The van der Waals surface area contributed by atoms with Gasteiger partial charge in [-0.3, -0.25) is 4.99 Å². The minimum atomic E-state index is 0. The molecule has 0 radical (unpaired) electrons. The van der Waals surface area contributed by atoms with Crippen molar-refractivity contribution in [3.8, 4) is 0 Å². The third-order valence-electron chi connectivity index (χ3n) is 3.91. The van der Waals surface area contributed by atoms with Gasteiger partial charge < -0.3 is 15.4 Å². The Morgan fingerprint density at radius 2 is 1.96 bits per heavy atom. The largest absolute Gasteiger partial charge is 0.379 e. The van der Waals surface area contributed by atoms with E-state index in [2.05, 4.69) is 62.2 Å². The molecule has 0 saturated carbocycles. The van der Waals surface area contributed by atoms with Gasteiger partial charge in [0.2, 0.25) is 0 Å². The summed E-state index contributed by atoms with van der Waals surface area (Å²) in [7, 11) is 1.75. The van der Waals surface area contributed by atoms with E-state index in [1.807, 2.05) is 0 Å². The van der Waals surface area contributed by atoms with E-state index >= 15 is 0 Å². The summed E-state index contributed by atoms with van der Waals surface area (Å²) < 4.78 is 5.57. The number of thiazole rings is 1. The van der Waals surface area contributed by atoms with Crippen molar-refractivity contribution < 1.29 is 4.74 Å². The summed E-state index contributed by atoms with van der Waals surface area (Å²) in [6, 6.07) is 0. The van der Waals surface area contributed by atoms with Crippen LogP contribution in [0.15, 0.2) is 4.99 Å². The van der Waals surface area contributed by atoms with Gasteiger partial charge in [-0.25, -0.2) is 4.98 Å². The van der Waals surface area contributed by atoms with Crippen LogP contribution in [0.3, 0.4) is 0 Å². The summed E-state index contributed by atoms with van der Waals surface area (Å²) >= 11 is 1.80. The van der Waals surface area contributed by atoms with E-state index < -0.39 is 0 Å². The number of hydrogen-bond acceptors (Lipinski definition) is 4. The molecule has 1 heterocycles. The molecule has 1 aromatic heterocycles. The fourth-order valence-electron chi connectivity index (χ4n) is 2.43. The molecule has 0 spiro atoms. The molecule has 0 saturated heterocycles. The quantitative estimate of drug-likeness (QED) is 0.336. The molecule has 1 unspecified atom stereocenters. The highest BCUT2D eigenvalue weighted by molar-refractivity contribution is 14.0. The van der Waals surface area contributed by atoms with Crippen LogP contribution in [0.5, 0.6) is 0 Å². The van der Waals surface area contributed by atoms with Gasteiger partial charge in [-0.15, -0.1) is 35.3 Å². The lowest BCUT2D eigenvalue weighted by Gasteiger charge is -2.28. The number of rotatable bonds is 8. The molecule has 1 rings (SSSR count). The normalized spacial score (nSPS) is 13.3. The van der Waals surface area contributed by atoms with Crippen molar-refractivity contribution in [1.29, 1.82) is 0 Å². The standard InChI is InChI=1S/C18H34N4OS.HI/c1-8-14-13(3)24-16(22-14)10-11-20-17(19-9-2)21-12-15(23-7)18(4,5)6;/h15H,8-12H2,1-7H3,(H2,19,20,21);1H. The average Bonchev–Trinajstić information content (AvgIpc) is 2.86. The number of aryl methyl sites for hydroxylation is 2. The summed E-state index contributed by atoms with van der Waals surface area (Å²) in [5.74, 6) is 0.841. The fraction of sp³-hybridized carbons (Fsp3) is 0.778. The first-order chi connectivity index (χ1) is 11.3. The number of aromatic nitrogens is 1. The van der Waals surface area contributed by atoms with Gasteiger partial charge in [0.1, 0.15) is 0 Å². The smallest absolute Gasteiger partial charge is 0.191 e. The Bertz CT molecular complexity index is 526. The van der Waals surface area contributed by atoms with E-state index in [-0.39, 0.29) is 35.5 Å². The lowest BCUT2D eigenvalue weighted by Crippen LogP contribution is -2.40. The zero-order valence-corrected chi connectivity index (χ0v) is 19.9. The third kappa shape index (κ3) is 8.68. The van der Waals surface area contributed by atoms with E-state index in [4.69, 9.17) is 4.74 Å². The second-order valence-corrected chi connectivity index (χ2v) is 8.24. The Hall–Kier alpha value is -0.410. The highest BCUT2D eigenvalue weighted by atomic mass is 127. The van der Waals surface area contributed by atoms with Gasteiger partial charge in [0.15, 0.2) is 5.96 Å². The fourth-order valence-corrected chi connectivity index (χ4v) is 3.45. The van der Waals surface area contributed by atoms with Gasteiger partial charge in [-0.05, 0) is 25.7 Å². The molecule has 1 aromatic rings. The van der Waals surface area contributed by atoms with Gasteiger partial charge in [0, 0.05) is 31.5 Å². The number of aliphatic imine (C=N–C) groups is 1. The van der Waals surface area contributed by atoms with E-state index in [1.54, 1.807) is 18.4 Å². The van der Waals surface area contributed by atoms with Crippen LogP contribution in [0.1, 0.15) is 50.2 Å². The second kappa shape index (κ2) is 12.1. The molecule has 1 atom stereocenters. The number of nitrogens with one attached hydrogen (secondary N) is 2. The number of nitrogens with zero attached hydrogens (tertiary/aromatic N) is 2. The zero-order valence-electron chi connectivity index (χ0n) is 16.7. The Morgan fingerprint density at radius 1 is 1.28 bits per heavy atom. The molecular weight excluding hydrogens is 447 g/mol. The van der Waals surface area contributed by atoms with Crippen LogP contribution in [0, 0.1) is 12.3 Å². The Morgan fingerprint density at radius 3 is 2.44 bits per heavy atom. The monoisotopic (exact) mass is 482 g/mol. The van der Waals surface area contributed by atoms with Crippen LogP contribution in [0.2, 0.25) is 0 Å². The topological polar surface area (TPSA) is 58.5 Å². The molecule has 0 aromatic carbocycles. The Kier molecular flexibility index (Phi) is 11.9. The van der Waals surface area contributed by atoms with E-state index in [9.17, 15) is 0 Å². The van der Waals surface area contributed by atoms with Crippen LogP contribution in [-0.2, 0) is 17.6 Å². The SMILES string of the molecule is CCNC(=NCC(OC)C(C)(C)C)NCCc1nc(CC)c(C)s1.I. The van der Waals surface area contributed by atoms with Crippen molar-refractivity contribution in [1.82, 2.24) is 15.6 Å². The molecule has 146 valence electrons. The highest BCUT2D eigenvalue weighted by Gasteiger charge is 2.24. The lowest BCUT2D eigenvalue weighted by molar-refractivity contribution is 0.0241. The summed E-state index contributed by atoms with van der Waals surface area (Å²) in [6.07, 6.45) is 2.02. The molecule has 0 bridgehead atoms. The molecule has 5 nitrogen and oxygen atoms in total. The number of hydrogen-bond donors (Lipinski definition) is 2. The van der Waals surface area contributed by atoms with Crippen LogP contribution in [0.4, 0.5) is 0 Å². The number of ether oxygens (including phenoxy) is 1. The van der Waals surface area contributed by atoms with E-state index in [1.165, 1.54) is 15.6 Å². The van der Waals surface area contributed by atoms with Gasteiger partial charge in [0.25, 0.3) is 0 Å². The minimum absolute atomic E-state index is 0. The summed E-state index contributed by atoms with van der Waals surface area (Å²) in [4.78, 5) is 10.7. The average molecular weight is 482 g/mol. The first kappa shape index (κ1) is 24.6. The van der Waals surface area contributed by atoms with Gasteiger partial charge >= 0.3 is 0 Å². The second-order valence-electron chi connectivity index (χ2n) is 6.95. The van der Waals surface area contributed by atoms with Gasteiger partial charge in [0.05, 0.1) is 23.4 Å². The molecule has 0 fully saturated rings. The molecular formula is C18H35IN4OS. The van der Waals surface area contributed by atoms with Gasteiger partial charge in [-0.1, -0.05) is 27.7 Å². The number of guanidine groups is 1. The molecule has 0 aliphatic rings. The Labute approximate surface area is 174 Å². The van der Waals surface area contributed by atoms with E-state index in [0.29, 0.717) is 6.54 Å². The predicted octanol–water partition coefficient (Wildman–Crippen LogP) is 3.79. The van der Waals surface area contributed by atoms with Crippen molar-refractivity contribution in [2.45, 2.75) is 60.5 Å². The summed E-state index contributed by atoms with van der Waals surface area (Å²) in [5.41, 5.74) is 1.30. The van der Waals surface area contributed by atoms with Crippen molar-refractivity contribution in [3.63, 3.8) is 0 Å². The minimum Gasteiger partial charge on any atom is -0.379 e. The van der Waals surface area contributed by atoms with Crippen LogP contribution in [0.25, 0.3) is 0 Å². The third-order valence-corrected chi connectivity index (χ3v) is 4.99. The van der Waals surface area contributed by atoms with Crippen LogP contribution in [-0.4, -0.2) is 43.8 Å². The first-order valence-electron chi connectivity index (χ1n) is 8.81. The van der Waals surface area contributed by atoms with Crippen molar-refractivity contribution in [2.24, 2.45) is 10.4 Å². The van der Waals surface area contributed by atoms with Crippen molar-refractivity contribution in [3.05, 3.63) is 15.6 Å². The molecule has 7 heteroatoms. The number of halogens is 1. The molecule has 0 aliphatic carbocycles. The molecule has 0 amide bonds. The molecule has 2 N–H and O–H groups in total. The predicted molar refractivity (Wildman–Crippen MR) is 120 cm³/mol. The van der Waals surface area contributed by atoms with E-state index in [0.717, 1.165) is 31.9 Å². The van der Waals surface area contributed by atoms with Crippen molar-refractivity contribution >= 4 is 41.3 Å². The maximum absolute atomic E-state index is 5.57. The Balaban J connectivity index is 0.00000576. The van der Waals surface area contributed by atoms with Crippen LogP contribution >= 0.6 is 35.3 Å². The maximum Gasteiger partial charge on any atom is 0.191 e. The van der Waals surface area contributed by atoms with Crippen molar-refractivity contribution in [2.75, 3.05) is 26.7 Å². The van der Waals surface area contributed by atoms with Crippen LogP contribution < -0.4 is 10.6 Å². The molecule has 0 aliphatic heterocycles.